The average molecular weight is 483 g/mol. The third-order valence-corrected chi connectivity index (χ3v) is 5.70. The van der Waals surface area contributed by atoms with E-state index in [2.05, 4.69) is 15.3 Å². The van der Waals surface area contributed by atoms with Crippen molar-refractivity contribution in [1.29, 1.82) is 0 Å². The van der Waals surface area contributed by atoms with Gasteiger partial charge in [0.1, 0.15) is 5.82 Å². The normalized spacial score (nSPS) is 11.8. The molecule has 4 aromatic carbocycles. The van der Waals surface area contributed by atoms with E-state index < -0.39 is 11.7 Å². The van der Waals surface area contributed by atoms with Crippen molar-refractivity contribution in [3.05, 3.63) is 120 Å². The number of nitrogens with zero attached hydrogens (tertiary/aromatic N) is 1. The van der Waals surface area contributed by atoms with Gasteiger partial charge < -0.3 is 10.3 Å². The topological polar surface area (TPSA) is 57.8 Å². The number of anilines is 1. The minimum atomic E-state index is -4.41. The first kappa shape index (κ1) is 23.1. The van der Waals surface area contributed by atoms with E-state index in [0.29, 0.717) is 22.4 Å². The lowest BCUT2D eigenvalue weighted by Gasteiger charge is -2.12. The second-order valence-electron chi connectivity index (χ2n) is 8.17. The molecule has 0 aliphatic carbocycles. The number of aromatic nitrogens is 2. The van der Waals surface area contributed by atoms with Crippen LogP contribution in [0.25, 0.3) is 34.3 Å². The number of halogens is 3. The fourth-order valence-electron chi connectivity index (χ4n) is 3.87. The first-order chi connectivity index (χ1) is 17.4. The van der Waals surface area contributed by atoms with Gasteiger partial charge in [0, 0.05) is 11.3 Å². The van der Waals surface area contributed by atoms with Crippen molar-refractivity contribution in [1.82, 2.24) is 9.97 Å². The predicted octanol–water partition coefficient (Wildman–Crippen LogP) is 7.67. The Morgan fingerprint density at radius 2 is 1.50 bits per heavy atom. The van der Waals surface area contributed by atoms with Crippen LogP contribution in [0.3, 0.4) is 0 Å². The van der Waals surface area contributed by atoms with Gasteiger partial charge in [0.15, 0.2) is 0 Å². The van der Waals surface area contributed by atoms with Gasteiger partial charge in [0.2, 0.25) is 0 Å². The maximum atomic E-state index is 13.0. The smallest absolute Gasteiger partial charge is 0.338 e. The van der Waals surface area contributed by atoms with Gasteiger partial charge in [-0.05, 0) is 65.2 Å². The molecule has 1 amide bonds. The number of fused-ring (bicyclic) bond motifs is 1. The number of imidazole rings is 1. The number of alkyl halides is 3. The molecule has 2 N–H and O–H groups in total. The molecule has 5 rings (SSSR count). The molecule has 4 nitrogen and oxygen atoms in total. The molecule has 0 saturated heterocycles. The van der Waals surface area contributed by atoms with Crippen molar-refractivity contribution in [2.45, 2.75) is 6.18 Å². The van der Waals surface area contributed by atoms with E-state index in [4.69, 9.17) is 0 Å². The Balaban J connectivity index is 1.30. The van der Waals surface area contributed by atoms with Crippen molar-refractivity contribution in [2.24, 2.45) is 0 Å². The van der Waals surface area contributed by atoms with Gasteiger partial charge >= 0.3 is 6.18 Å². The van der Waals surface area contributed by atoms with Crippen LogP contribution in [0.15, 0.2) is 97.1 Å². The minimum Gasteiger partial charge on any atom is -0.338 e. The molecule has 0 radical (unpaired) electrons. The molecule has 5 aromatic rings. The highest BCUT2D eigenvalue weighted by molar-refractivity contribution is 6.08. The van der Waals surface area contributed by atoms with Gasteiger partial charge in [0.05, 0.1) is 16.6 Å². The van der Waals surface area contributed by atoms with Crippen LogP contribution in [0, 0.1) is 0 Å². The molecule has 0 unspecified atom stereocenters. The third-order valence-electron chi connectivity index (χ3n) is 5.70. The lowest BCUT2D eigenvalue weighted by Crippen LogP contribution is -2.13. The Bertz CT molecular complexity index is 1520. The monoisotopic (exact) mass is 483 g/mol. The van der Waals surface area contributed by atoms with Crippen molar-refractivity contribution < 1.29 is 18.0 Å². The molecule has 1 heterocycles. The van der Waals surface area contributed by atoms with E-state index in [-0.39, 0.29) is 5.91 Å². The Hall–Kier alpha value is -4.65. The van der Waals surface area contributed by atoms with E-state index in [1.165, 1.54) is 12.1 Å². The summed E-state index contributed by atoms with van der Waals surface area (Å²) in [4.78, 5) is 20.8. The number of nitrogens with one attached hydrogen (secondary N) is 2. The fourth-order valence-corrected chi connectivity index (χ4v) is 3.87. The fraction of sp³-hybridized carbons (Fsp3) is 0.0345. The molecule has 0 saturated carbocycles. The van der Waals surface area contributed by atoms with Crippen LogP contribution in [0.4, 0.5) is 18.9 Å². The summed E-state index contributed by atoms with van der Waals surface area (Å²) < 4.78 is 38.7. The summed E-state index contributed by atoms with van der Waals surface area (Å²) in [6.45, 7) is 0. The van der Waals surface area contributed by atoms with E-state index in [0.717, 1.165) is 34.6 Å². The van der Waals surface area contributed by atoms with Gasteiger partial charge in [0.25, 0.3) is 5.91 Å². The van der Waals surface area contributed by atoms with Crippen LogP contribution in [-0.4, -0.2) is 15.9 Å². The molecule has 0 aliphatic rings. The standard InChI is InChI=1S/C29H20F3N3O/c30-29(31,32)21-14-12-20(13-15-21)23-5-1-2-6-24(23)28(36)33-22-16-9-19(10-17-22)11-18-27-34-25-7-3-4-8-26(25)35-27/h1-18H,(H,33,36)(H,34,35). The highest BCUT2D eigenvalue weighted by Gasteiger charge is 2.30. The summed E-state index contributed by atoms with van der Waals surface area (Å²) in [5, 5.41) is 2.86. The van der Waals surface area contributed by atoms with Gasteiger partial charge in [-0.2, -0.15) is 13.2 Å². The molecule has 1 aromatic heterocycles. The van der Waals surface area contributed by atoms with Crippen LogP contribution in [0.1, 0.15) is 27.3 Å². The molecule has 0 aliphatic heterocycles. The van der Waals surface area contributed by atoms with Gasteiger partial charge in [-0.3, -0.25) is 4.79 Å². The van der Waals surface area contributed by atoms with E-state index in [9.17, 15) is 18.0 Å². The summed E-state index contributed by atoms with van der Waals surface area (Å²) in [6.07, 6.45) is -0.611. The zero-order chi connectivity index (χ0) is 25.1. The number of benzene rings is 4. The molecular formula is C29H20F3N3O. The van der Waals surface area contributed by atoms with E-state index in [1.54, 1.807) is 36.4 Å². The average Bonchev–Trinajstić information content (AvgIpc) is 3.31. The number of H-pyrrole nitrogens is 1. The summed E-state index contributed by atoms with van der Waals surface area (Å²) >= 11 is 0. The first-order valence-corrected chi connectivity index (χ1v) is 11.2. The van der Waals surface area contributed by atoms with Crippen LogP contribution in [-0.2, 0) is 6.18 Å². The number of carbonyl (C=O) groups is 1. The second kappa shape index (κ2) is 9.54. The summed E-state index contributed by atoms with van der Waals surface area (Å²) in [5.74, 6) is 0.393. The molecule has 0 bridgehead atoms. The molecule has 0 atom stereocenters. The van der Waals surface area contributed by atoms with Gasteiger partial charge in [-0.25, -0.2) is 4.98 Å². The minimum absolute atomic E-state index is 0.351. The lowest BCUT2D eigenvalue weighted by atomic mass is 9.98. The lowest BCUT2D eigenvalue weighted by molar-refractivity contribution is -0.137. The maximum absolute atomic E-state index is 13.0. The number of aromatic amines is 1. The van der Waals surface area contributed by atoms with Crippen LogP contribution in [0.2, 0.25) is 0 Å². The van der Waals surface area contributed by atoms with Crippen molar-refractivity contribution >= 4 is 34.8 Å². The third kappa shape index (κ3) is 5.05. The van der Waals surface area contributed by atoms with Crippen molar-refractivity contribution in [3.8, 4) is 11.1 Å². The first-order valence-electron chi connectivity index (χ1n) is 11.2. The molecule has 0 fully saturated rings. The number of hydrogen-bond donors (Lipinski definition) is 2. The molecule has 0 spiro atoms. The quantitative estimate of drug-likeness (QED) is 0.269. The van der Waals surface area contributed by atoms with Crippen LogP contribution in [0.5, 0.6) is 0 Å². The Labute approximate surface area is 205 Å². The second-order valence-corrected chi connectivity index (χ2v) is 8.17. The molecule has 7 heteroatoms. The highest BCUT2D eigenvalue weighted by Crippen LogP contribution is 2.32. The van der Waals surface area contributed by atoms with Crippen LogP contribution >= 0.6 is 0 Å². The predicted molar refractivity (Wildman–Crippen MR) is 136 cm³/mol. The summed E-state index contributed by atoms with van der Waals surface area (Å²) in [5.41, 5.74) is 4.10. The molecule has 178 valence electrons. The zero-order valence-electron chi connectivity index (χ0n) is 18.9. The zero-order valence-corrected chi connectivity index (χ0v) is 18.9. The number of rotatable bonds is 5. The summed E-state index contributed by atoms with van der Waals surface area (Å²) in [7, 11) is 0. The van der Waals surface area contributed by atoms with Crippen molar-refractivity contribution in [2.75, 3.05) is 5.32 Å². The van der Waals surface area contributed by atoms with Gasteiger partial charge in [-0.15, -0.1) is 0 Å². The van der Waals surface area contributed by atoms with E-state index in [1.807, 2.05) is 48.6 Å². The molecular weight excluding hydrogens is 463 g/mol. The number of hydrogen-bond acceptors (Lipinski definition) is 2. The molecule has 36 heavy (non-hydrogen) atoms. The SMILES string of the molecule is O=C(Nc1ccc(C=Cc2nc3ccccc3[nH]2)cc1)c1ccccc1-c1ccc(C(F)(F)F)cc1. The van der Waals surface area contributed by atoms with Crippen LogP contribution < -0.4 is 5.32 Å². The Morgan fingerprint density at radius 3 is 2.22 bits per heavy atom. The van der Waals surface area contributed by atoms with E-state index >= 15 is 0 Å². The highest BCUT2D eigenvalue weighted by atomic mass is 19.4. The number of para-hydroxylation sites is 2. The van der Waals surface area contributed by atoms with Crippen molar-refractivity contribution in [3.63, 3.8) is 0 Å². The number of carbonyl (C=O) groups excluding carboxylic acids is 1. The number of amides is 1. The summed E-state index contributed by atoms with van der Waals surface area (Å²) in [6, 6.07) is 26.7. The largest absolute Gasteiger partial charge is 0.416 e. The Kier molecular flexibility index (Phi) is 6.12. The Morgan fingerprint density at radius 1 is 0.806 bits per heavy atom. The maximum Gasteiger partial charge on any atom is 0.416 e. The van der Waals surface area contributed by atoms with Gasteiger partial charge in [-0.1, -0.05) is 60.7 Å².